The summed E-state index contributed by atoms with van der Waals surface area (Å²) in [6.07, 6.45) is 3.41. The van der Waals surface area contributed by atoms with E-state index in [4.69, 9.17) is 0 Å². The highest BCUT2D eigenvalue weighted by molar-refractivity contribution is 5.99. The second-order valence-corrected chi connectivity index (χ2v) is 4.56. The number of hydrogen-bond donors (Lipinski definition) is 0. The minimum absolute atomic E-state index is 0.0444. The van der Waals surface area contributed by atoms with Crippen LogP contribution in [0.1, 0.15) is 36.0 Å². The van der Waals surface area contributed by atoms with Gasteiger partial charge in [0.1, 0.15) is 5.82 Å². The number of amides is 1. The Kier molecular flexibility index (Phi) is 4.07. The number of rotatable bonds is 3. The highest BCUT2D eigenvalue weighted by Crippen LogP contribution is 2.12. The van der Waals surface area contributed by atoms with Crippen molar-refractivity contribution < 1.29 is 14.0 Å². The summed E-state index contributed by atoms with van der Waals surface area (Å²) in [6.45, 7) is 0.746. The van der Waals surface area contributed by atoms with E-state index in [2.05, 4.69) is 0 Å². The van der Waals surface area contributed by atoms with Gasteiger partial charge in [0.15, 0.2) is 5.78 Å². The van der Waals surface area contributed by atoms with Crippen LogP contribution < -0.4 is 0 Å². The van der Waals surface area contributed by atoms with Crippen LogP contribution in [0.2, 0.25) is 0 Å². The number of likely N-dealkylation sites (tertiary alicyclic amines) is 1. The number of halogens is 1. The van der Waals surface area contributed by atoms with Crippen molar-refractivity contribution in [3.05, 3.63) is 35.6 Å². The van der Waals surface area contributed by atoms with Crippen molar-refractivity contribution in [2.45, 2.75) is 25.7 Å². The van der Waals surface area contributed by atoms with E-state index in [9.17, 15) is 14.0 Å². The monoisotopic (exact) mass is 249 g/mol. The molecular formula is C14H16FNO2. The van der Waals surface area contributed by atoms with Gasteiger partial charge in [0.25, 0.3) is 0 Å². The molecule has 0 aliphatic carbocycles. The minimum Gasteiger partial charge on any atom is -0.335 e. The van der Waals surface area contributed by atoms with Crippen LogP contribution in [0.15, 0.2) is 24.3 Å². The lowest BCUT2D eigenvalue weighted by molar-refractivity contribution is -0.130. The Morgan fingerprint density at radius 1 is 1.17 bits per heavy atom. The van der Waals surface area contributed by atoms with Crippen LogP contribution in [0.5, 0.6) is 0 Å². The molecule has 0 bridgehead atoms. The van der Waals surface area contributed by atoms with Gasteiger partial charge in [0.05, 0.1) is 6.54 Å². The number of carbonyl (C=O) groups excluding carboxylic acids is 2. The molecule has 0 saturated carbocycles. The number of nitrogens with zero attached hydrogens (tertiary/aromatic N) is 1. The number of Topliss-reactive ketones (excluding diaryl/α,β-unsaturated/α-hetero) is 1. The summed E-state index contributed by atoms with van der Waals surface area (Å²) in [5.41, 5.74) is 0.452. The third-order valence-electron chi connectivity index (χ3n) is 3.17. The van der Waals surface area contributed by atoms with Gasteiger partial charge in [0.2, 0.25) is 5.91 Å². The molecule has 1 fully saturated rings. The van der Waals surface area contributed by atoms with E-state index in [0.717, 1.165) is 19.3 Å². The van der Waals surface area contributed by atoms with E-state index in [1.165, 1.54) is 24.3 Å². The predicted octanol–water partition coefficient (Wildman–Crippen LogP) is 2.41. The van der Waals surface area contributed by atoms with E-state index in [-0.39, 0.29) is 24.1 Å². The van der Waals surface area contributed by atoms with Crippen LogP contribution in [-0.2, 0) is 4.79 Å². The Morgan fingerprint density at radius 3 is 2.61 bits per heavy atom. The van der Waals surface area contributed by atoms with Gasteiger partial charge < -0.3 is 4.90 Å². The highest BCUT2D eigenvalue weighted by atomic mass is 19.1. The van der Waals surface area contributed by atoms with Crippen molar-refractivity contribution in [3.8, 4) is 0 Å². The second kappa shape index (κ2) is 5.76. The molecule has 18 heavy (non-hydrogen) atoms. The second-order valence-electron chi connectivity index (χ2n) is 4.56. The molecule has 2 rings (SSSR count). The van der Waals surface area contributed by atoms with E-state index >= 15 is 0 Å². The summed E-state index contributed by atoms with van der Waals surface area (Å²) < 4.78 is 12.7. The summed E-state index contributed by atoms with van der Waals surface area (Å²) in [5, 5.41) is 0. The Labute approximate surface area is 106 Å². The molecule has 1 aliphatic heterocycles. The molecular weight excluding hydrogens is 233 g/mol. The van der Waals surface area contributed by atoms with Gasteiger partial charge in [-0.05, 0) is 37.1 Å². The summed E-state index contributed by atoms with van der Waals surface area (Å²) in [6, 6.07) is 5.44. The lowest BCUT2D eigenvalue weighted by Crippen LogP contribution is -2.35. The van der Waals surface area contributed by atoms with Crippen LogP contribution in [0.4, 0.5) is 4.39 Å². The largest absolute Gasteiger partial charge is 0.335 e. The topological polar surface area (TPSA) is 37.4 Å². The van der Waals surface area contributed by atoms with Gasteiger partial charge in [-0.3, -0.25) is 9.59 Å². The minimum atomic E-state index is -0.364. The van der Waals surface area contributed by atoms with E-state index in [1.807, 2.05) is 0 Å². The molecule has 0 unspecified atom stereocenters. The molecule has 1 saturated heterocycles. The fourth-order valence-corrected chi connectivity index (χ4v) is 2.11. The Morgan fingerprint density at radius 2 is 1.89 bits per heavy atom. The highest BCUT2D eigenvalue weighted by Gasteiger charge is 2.19. The van der Waals surface area contributed by atoms with Crippen LogP contribution in [0, 0.1) is 5.82 Å². The van der Waals surface area contributed by atoms with Crippen LogP contribution in [0.3, 0.4) is 0 Å². The molecule has 1 amide bonds. The fraction of sp³-hybridized carbons (Fsp3) is 0.429. The first-order valence-electron chi connectivity index (χ1n) is 6.23. The van der Waals surface area contributed by atoms with Gasteiger partial charge in [-0.25, -0.2) is 4.39 Å². The third-order valence-corrected chi connectivity index (χ3v) is 3.17. The molecule has 4 heteroatoms. The number of carbonyl (C=O) groups is 2. The zero-order valence-corrected chi connectivity index (χ0v) is 10.2. The first kappa shape index (κ1) is 12.7. The molecule has 1 aromatic carbocycles. The lowest BCUT2D eigenvalue weighted by atomic mass is 10.1. The average molecular weight is 249 g/mol. The maximum atomic E-state index is 12.7. The summed E-state index contributed by atoms with van der Waals surface area (Å²) in [4.78, 5) is 25.3. The number of ketones is 1. The average Bonchev–Trinajstić information content (AvgIpc) is 2.56. The first-order chi connectivity index (χ1) is 8.66. The van der Waals surface area contributed by atoms with Gasteiger partial charge in [0, 0.05) is 18.5 Å². The van der Waals surface area contributed by atoms with Crippen LogP contribution in [-0.4, -0.2) is 29.7 Å². The summed E-state index contributed by atoms with van der Waals surface area (Å²) in [5.74, 6) is -0.453. The third kappa shape index (κ3) is 3.15. The number of hydrogen-bond acceptors (Lipinski definition) is 2. The molecule has 1 heterocycles. The maximum Gasteiger partial charge on any atom is 0.222 e. The molecule has 0 spiro atoms. The van der Waals surface area contributed by atoms with Crippen molar-refractivity contribution in [3.63, 3.8) is 0 Å². The quantitative estimate of drug-likeness (QED) is 0.771. The molecule has 96 valence electrons. The lowest BCUT2D eigenvalue weighted by Gasteiger charge is -2.19. The zero-order chi connectivity index (χ0) is 13.0. The molecule has 0 aromatic heterocycles. The van der Waals surface area contributed by atoms with Gasteiger partial charge in [-0.1, -0.05) is 6.42 Å². The summed E-state index contributed by atoms with van der Waals surface area (Å²) in [7, 11) is 0. The van der Waals surface area contributed by atoms with Crippen LogP contribution in [0.25, 0.3) is 0 Å². The normalized spacial score (nSPS) is 16.5. The SMILES string of the molecule is O=C(CN1CCCCCC1=O)c1ccc(F)cc1. The van der Waals surface area contributed by atoms with Crippen molar-refractivity contribution in [2.24, 2.45) is 0 Å². The molecule has 0 radical (unpaired) electrons. The molecule has 1 aliphatic rings. The number of benzene rings is 1. The Balaban J connectivity index is 2.01. The van der Waals surface area contributed by atoms with Crippen molar-refractivity contribution >= 4 is 11.7 Å². The molecule has 0 N–H and O–H groups in total. The van der Waals surface area contributed by atoms with Crippen LogP contribution >= 0.6 is 0 Å². The van der Waals surface area contributed by atoms with E-state index in [0.29, 0.717) is 18.5 Å². The Hall–Kier alpha value is -1.71. The molecule has 3 nitrogen and oxygen atoms in total. The van der Waals surface area contributed by atoms with Crippen molar-refractivity contribution in [2.75, 3.05) is 13.1 Å². The standard InChI is InChI=1S/C14H16FNO2/c15-12-7-5-11(6-8-12)13(17)10-16-9-3-1-2-4-14(16)18/h5-8H,1-4,9-10H2. The zero-order valence-electron chi connectivity index (χ0n) is 10.2. The summed E-state index contributed by atoms with van der Waals surface area (Å²) >= 11 is 0. The smallest absolute Gasteiger partial charge is 0.222 e. The van der Waals surface area contributed by atoms with Gasteiger partial charge >= 0.3 is 0 Å². The van der Waals surface area contributed by atoms with Crippen molar-refractivity contribution in [1.82, 2.24) is 4.90 Å². The van der Waals surface area contributed by atoms with Gasteiger partial charge in [-0.2, -0.15) is 0 Å². The predicted molar refractivity (Wildman–Crippen MR) is 65.8 cm³/mol. The fourth-order valence-electron chi connectivity index (χ4n) is 2.11. The Bertz CT molecular complexity index is 442. The van der Waals surface area contributed by atoms with Gasteiger partial charge in [-0.15, -0.1) is 0 Å². The molecule has 1 aromatic rings. The van der Waals surface area contributed by atoms with E-state index in [1.54, 1.807) is 4.90 Å². The first-order valence-corrected chi connectivity index (χ1v) is 6.23. The van der Waals surface area contributed by atoms with Crippen molar-refractivity contribution in [1.29, 1.82) is 0 Å². The molecule has 0 atom stereocenters. The van der Waals surface area contributed by atoms with E-state index < -0.39 is 0 Å². The maximum absolute atomic E-state index is 12.7.